The molecule has 2 heterocycles. The zero-order valence-corrected chi connectivity index (χ0v) is 16.1. The Morgan fingerprint density at radius 1 is 1.13 bits per heavy atom. The molecule has 23 heavy (non-hydrogen) atoms. The van der Waals surface area contributed by atoms with E-state index in [-0.39, 0.29) is 5.41 Å². The summed E-state index contributed by atoms with van der Waals surface area (Å²) in [7, 11) is 1.78. The van der Waals surface area contributed by atoms with Crippen molar-refractivity contribution in [3.63, 3.8) is 0 Å². The van der Waals surface area contributed by atoms with Crippen LogP contribution in [0.1, 0.15) is 42.2 Å². The Kier molecular flexibility index (Phi) is 6.12. The predicted octanol–water partition coefficient (Wildman–Crippen LogP) is 3.11. The third-order valence-corrected chi connectivity index (χ3v) is 5.33. The van der Waals surface area contributed by atoms with Gasteiger partial charge in [-0.05, 0) is 6.92 Å². The van der Waals surface area contributed by atoms with E-state index in [9.17, 15) is 0 Å². The molecule has 0 saturated carbocycles. The summed E-state index contributed by atoms with van der Waals surface area (Å²) in [4.78, 5) is 13.4. The highest BCUT2D eigenvalue weighted by atomic mass is 32.1. The van der Waals surface area contributed by atoms with Crippen LogP contribution in [0, 0.1) is 6.92 Å². The molecule has 0 aromatic carbocycles. The van der Waals surface area contributed by atoms with Gasteiger partial charge in [-0.2, -0.15) is 0 Å². The molecule has 0 fully saturated rings. The van der Waals surface area contributed by atoms with Crippen molar-refractivity contribution in [1.29, 1.82) is 0 Å². The highest BCUT2D eigenvalue weighted by Crippen LogP contribution is 2.25. The van der Waals surface area contributed by atoms with E-state index in [2.05, 4.69) is 57.1 Å². The van der Waals surface area contributed by atoms with E-state index < -0.39 is 0 Å². The van der Waals surface area contributed by atoms with Gasteiger partial charge in [0.05, 0.1) is 27.9 Å². The molecule has 2 N–H and O–H groups in total. The Balaban J connectivity index is 1.77. The molecule has 0 aliphatic rings. The number of hydrogen-bond acceptors (Lipinski definition) is 5. The number of guanidine groups is 1. The summed E-state index contributed by atoms with van der Waals surface area (Å²) in [5, 5.41) is 13.1. The quantitative estimate of drug-likeness (QED) is 0.642. The predicted molar refractivity (Wildman–Crippen MR) is 99.6 cm³/mol. The van der Waals surface area contributed by atoms with Gasteiger partial charge in [-0.1, -0.05) is 20.8 Å². The molecule has 5 nitrogen and oxygen atoms in total. The van der Waals surface area contributed by atoms with Crippen LogP contribution in [-0.4, -0.2) is 29.5 Å². The molecule has 0 spiro atoms. The van der Waals surface area contributed by atoms with Crippen LogP contribution < -0.4 is 10.6 Å². The van der Waals surface area contributed by atoms with E-state index in [1.807, 2.05) is 6.92 Å². The maximum absolute atomic E-state index is 4.68. The van der Waals surface area contributed by atoms with E-state index in [4.69, 9.17) is 0 Å². The number of aliphatic imine (C=N–C) groups is 1. The molecular weight excluding hydrogens is 326 g/mol. The molecule has 0 aliphatic heterocycles. The Labute approximate surface area is 146 Å². The second kappa shape index (κ2) is 7.88. The summed E-state index contributed by atoms with van der Waals surface area (Å²) in [5.74, 6) is 0.794. The number of rotatable bonds is 5. The van der Waals surface area contributed by atoms with Crippen molar-refractivity contribution in [1.82, 2.24) is 20.6 Å². The topological polar surface area (TPSA) is 62.2 Å². The Morgan fingerprint density at radius 2 is 1.87 bits per heavy atom. The van der Waals surface area contributed by atoms with Crippen LogP contribution in [0.15, 0.2) is 15.8 Å². The van der Waals surface area contributed by atoms with Crippen LogP contribution in [0.5, 0.6) is 0 Å². The molecule has 0 amide bonds. The smallest absolute Gasteiger partial charge is 0.191 e. The highest BCUT2D eigenvalue weighted by molar-refractivity contribution is 7.10. The molecule has 0 radical (unpaired) electrons. The van der Waals surface area contributed by atoms with Crippen LogP contribution in [0.2, 0.25) is 0 Å². The average Bonchev–Trinajstić information content (AvgIpc) is 3.11. The van der Waals surface area contributed by atoms with Gasteiger partial charge in [-0.15, -0.1) is 22.7 Å². The molecular formula is C16H25N5S2. The number of thiazole rings is 2. The number of aryl methyl sites for hydroxylation is 1. The van der Waals surface area contributed by atoms with Crippen LogP contribution in [-0.2, 0) is 18.4 Å². The monoisotopic (exact) mass is 351 g/mol. The van der Waals surface area contributed by atoms with Crippen LogP contribution in [0.3, 0.4) is 0 Å². The maximum Gasteiger partial charge on any atom is 0.191 e. The van der Waals surface area contributed by atoms with Gasteiger partial charge >= 0.3 is 0 Å². The minimum atomic E-state index is 0.106. The summed E-state index contributed by atoms with van der Waals surface area (Å²) >= 11 is 3.40. The molecule has 0 bridgehead atoms. The van der Waals surface area contributed by atoms with Crippen LogP contribution in [0.25, 0.3) is 0 Å². The first-order valence-corrected chi connectivity index (χ1v) is 9.45. The van der Waals surface area contributed by atoms with Crippen molar-refractivity contribution in [2.75, 3.05) is 13.6 Å². The number of hydrogen-bond donors (Lipinski definition) is 2. The third kappa shape index (κ3) is 5.58. The molecule has 2 aromatic rings. The summed E-state index contributed by atoms with van der Waals surface area (Å²) in [5.41, 5.74) is 2.29. The first-order chi connectivity index (χ1) is 10.9. The fourth-order valence-electron chi connectivity index (χ4n) is 1.96. The highest BCUT2D eigenvalue weighted by Gasteiger charge is 2.17. The van der Waals surface area contributed by atoms with Gasteiger partial charge in [-0.3, -0.25) is 4.99 Å². The van der Waals surface area contributed by atoms with Gasteiger partial charge in [0, 0.05) is 36.2 Å². The molecule has 0 aliphatic carbocycles. The average molecular weight is 352 g/mol. The molecule has 2 aromatic heterocycles. The summed E-state index contributed by atoms with van der Waals surface area (Å²) in [6, 6.07) is 0. The van der Waals surface area contributed by atoms with Gasteiger partial charge in [0.15, 0.2) is 5.96 Å². The fourth-order valence-corrected chi connectivity index (χ4v) is 3.51. The van der Waals surface area contributed by atoms with Crippen molar-refractivity contribution >= 4 is 28.6 Å². The third-order valence-electron chi connectivity index (χ3n) is 3.19. The fraction of sp³-hybridized carbons (Fsp3) is 0.562. The number of aromatic nitrogens is 2. The van der Waals surface area contributed by atoms with Crippen molar-refractivity contribution in [3.8, 4) is 0 Å². The van der Waals surface area contributed by atoms with Gasteiger partial charge < -0.3 is 10.6 Å². The first-order valence-electron chi connectivity index (χ1n) is 7.69. The molecule has 0 atom stereocenters. The Bertz CT molecular complexity index is 651. The zero-order chi connectivity index (χ0) is 16.9. The minimum Gasteiger partial charge on any atom is -0.356 e. The lowest BCUT2D eigenvalue weighted by molar-refractivity contribution is 0.582. The van der Waals surface area contributed by atoms with Crippen molar-refractivity contribution < 1.29 is 0 Å². The lowest BCUT2D eigenvalue weighted by atomic mass is 9.98. The zero-order valence-electron chi connectivity index (χ0n) is 14.4. The van der Waals surface area contributed by atoms with E-state index in [0.717, 1.165) is 40.3 Å². The maximum atomic E-state index is 4.68. The minimum absolute atomic E-state index is 0.106. The van der Waals surface area contributed by atoms with Gasteiger partial charge in [-0.25, -0.2) is 9.97 Å². The van der Waals surface area contributed by atoms with E-state index in [1.165, 1.54) is 0 Å². The molecule has 0 unspecified atom stereocenters. The lowest BCUT2D eigenvalue weighted by Crippen LogP contribution is -2.38. The Morgan fingerprint density at radius 3 is 2.43 bits per heavy atom. The van der Waals surface area contributed by atoms with Gasteiger partial charge in [0.25, 0.3) is 0 Å². The number of nitrogens with one attached hydrogen (secondary N) is 2. The summed E-state index contributed by atoms with van der Waals surface area (Å²) in [6.07, 6.45) is 0.899. The molecule has 2 rings (SSSR count). The van der Waals surface area contributed by atoms with Crippen LogP contribution >= 0.6 is 22.7 Å². The normalized spacial score (nSPS) is 12.5. The molecule has 0 saturated heterocycles. The number of nitrogens with zero attached hydrogens (tertiary/aromatic N) is 3. The van der Waals surface area contributed by atoms with Crippen molar-refractivity contribution in [2.45, 2.75) is 46.1 Å². The standard InChI is InChI=1S/C16H25N5S2/c1-11-20-12(9-22-11)6-7-18-15(17-5)19-8-13-10-23-14(21-13)16(2,3)4/h9-10H,6-8H2,1-5H3,(H2,17,18,19). The van der Waals surface area contributed by atoms with E-state index >= 15 is 0 Å². The van der Waals surface area contributed by atoms with Gasteiger partial charge in [0.1, 0.15) is 0 Å². The molecule has 126 valence electrons. The summed E-state index contributed by atoms with van der Waals surface area (Å²) in [6.45, 7) is 10.1. The van der Waals surface area contributed by atoms with Crippen molar-refractivity contribution in [2.24, 2.45) is 4.99 Å². The van der Waals surface area contributed by atoms with E-state index in [1.54, 1.807) is 29.7 Å². The van der Waals surface area contributed by atoms with E-state index in [0.29, 0.717) is 6.54 Å². The second-order valence-corrected chi connectivity index (χ2v) is 8.27. The summed E-state index contributed by atoms with van der Waals surface area (Å²) < 4.78 is 0. The SMILES string of the molecule is CN=C(NCCc1csc(C)n1)NCc1csc(C(C)(C)C)n1. The lowest BCUT2D eigenvalue weighted by Gasteiger charge is -2.14. The van der Waals surface area contributed by atoms with Crippen molar-refractivity contribution in [3.05, 3.63) is 32.2 Å². The first kappa shape index (κ1) is 17.9. The largest absolute Gasteiger partial charge is 0.356 e. The Hall–Kier alpha value is -1.47. The molecule has 7 heteroatoms. The second-order valence-electron chi connectivity index (χ2n) is 6.35. The van der Waals surface area contributed by atoms with Gasteiger partial charge in [0.2, 0.25) is 0 Å². The van der Waals surface area contributed by atoms with Crippen LogP contribution in [0.4, 0.5) is 0 Å².